The van der Waals surface area contributed by atoms with E-state index in [1.807, 2.05) is 0 Å². The molecule has 0 bridgehead atoms. The lowest BCUT2D eigenvalue weighted by Gasteiger charge is -2.46. The van der Waals surface area contributed by atoms with Crippen LogP contribution in [-0.2, 0) is 22.1 Å². The van der Waals surface area contributed by atoms with Crippen molar-refractivity contribution in [2.75, 3.05) is 27.9 Å². The summed E-state index contributed by atoms with van der Waals surface area (Å²) in [4.78, 5) is 0. The number of hydrogen-bond donors (Lipinski definition) is 1. The van der Waals surface area contributed by atoms with Crippen molar-refractivity contribution in [2.24, 2.45) is 0 Å². The second kappa shape index (κ2) is 11.0. The maximum atomic E-state index is 6.78. The molecule has 0 atom stereocenters. The van der Waals surface area contributed by atoms with Crippen molar-refractivity contribution < 1.29 is 22.1 Å². The van der Waals surface area contributed by atoms with E-state index in [1.54, 1.807) is 21.3 Å². The highest BCUT2D eigenvalue weighted by molar-refractivity contribution is 6.85. The monoisotopic (exact) mass is 479 g/mol. The van der Waals surface area contributed by atoms with Gasteiger partial charge in [0.1, 0.15) is 0 Å². The third kappa shape index (κ3) is 9.91. The van der Waals surface area contributed by atoms with Gasteiger partial charge in [0.15, 0.2) is 16.6 Å². The Morgan fingerprint density at radius 1 is 0.767 bits per heavy atom. The van der Waals surface area contributed by atoms with Gasteiger partial charge in [0.2, 0.25) is 0 Å². The Morgan fingerprint density at radius 3 is 1.70 bits per heavy atom. The van der Waals surface area contributed by atoms with Gasteiger partial charge >= 0.3 is 8.80 Å². The minimum atomic E-state index is -2.53. The van der Waals surface area contributed by atoms with Crippen LogP contribution in [0.2, 0.25) is 44.3 Å². The molecule has 1 aliphatic rings. The van der Waals surface area contributed by atoms with E-state index in [0.29, 0.717) is 6.10 Å². The van der Waals surface area contributed by atoms with Gasteiger partial charge in [-0.05, 0) is 85.2 Å². The Morgan fingerprint density at radius 2 is 1.23 bits per heavy atom. The van der Waals surface area contributed by atoms with Crippen LogP contribution in [-0.4, -0.2) is 70.6 Å². The zero-order chi connectivity index (χ0) is 23.3. The van der Waals surface area contributed by atoms with Crippen LogP contribution in [0.3, 0.4) is 0 Å². The Hall–Kier alpha value is 0.411. The van der Waals surface area contributed by atoms with Gasteiger partial charge in [0.05, 0.1) is 6.10 Å². The second-order valence-electron chi connectivity index (χ2n) is 11.3. The molecule has 1 saturated heterocycles. The van der Waals surface area contributed by atoms with Gasteiger partial charge in [0, 0.05) is 45.1 Å². The third-order valence-electron chi connectivity index (χ3n) is 5.95. The summed E-state index contributed by atoms with van der Waals surface area (Å²) in [5.41, 5.74) is 0.259. The molecule has 1 N–H and O–H groups in total. The first kappa shape index (κ1) is 28.4. The highest BCUT2D eigenvalue weighted by atomic mass is 28.4. The van der Waals surface area contributed by atoms with E-state index in [2.05, 4.69) is 59.2 Å². The molecule has 1 rings (SSSR count). The van der Waals surface area contributed by atoms with Gasteiger partial charge < -0.3 is 27.4 Å². The van der Waals surface area contributed by atoms with Crippen molar-refractivity contribution in [1.29, 1.82) is 0 Å². The molecule has 0 spiro atoms. The molecule has 0 unspecified atom stereocenters. The van der Waals surface area contributed by atoms with Gasteiger partial charge in [-0.15, -0.1) is 0 Å². The standard InChI is InChI=1S/C21H49NO5Si3/c1-20(2)17-19(18-21(3,4)22-20)26-13-12-14-28(8,9)27-29(10,11)15-16-30(23-5,24-6)25-7/h19,22H,12-18H2,1-11H3. The minimum absolute atomic E-state index is 0.129. The van der Waals surface area contributed by atoms with E-state index in [4.69, 9.17) is 22.1 Å². The van der Waals surface area contributed by atoms with Crippen molar-refractivity contribution in [3.63, 3.8) is 0 Å². The molecule has 9 heteroatoms. The van der Waals surface area contributed by atoms with E-state index in [1.165, 1.54) is 0 Å². The van der Waals surface area contributed by atoms with E-state index in [0.717, 1.165) is 44.0 Å². The number of piperidine rings is 1. The first-order valence-corrected chi connectivity index (χ1v) is 19.5. The number of hydrogen-bond acceptors (Lipinski definition) is 6. The molecular weight excluding hydrogens is 430 g/mol. The SMILES string of the molecule is CO[Si](CC[Si](C)(C)O[Si](C)(C)CCCOC1CC(C)(C)NC(C)(C)C1)(OC)OC. The van der Waals surface area contributed by atoms with Crippen LogP contribution in [0.4, 0.5) is 0 Å². The van der Waals surface area contributed by atoms with Crippen LogP contribution in [0.1, 0.15) is 47.0 Å². The summed E-state index contributed by atoms with van der Waals surface area (Å²) >= 11 is 0. The summed E-state index contributed by atoms with van der Waals surface area (Å²) in [6.45, 7) is 19.2. The van der Waals surface area contributed by atoms with E-state index >= 15 is 0 Å². The summed E-state index contributed by atoms with van der Waals surface area (Å²) in [6.07, 6.45) is 3.54. The molecule has 0 aromatic rings. The smallest absolute Gasteiger partial charge is 0.456 e. The lowest BCUT2D eigenvalue weighted by Crippen LogP contribution is -2.59. The number of nitrogens with one attached hydrogen (secondary N) is 1. The predicted molar refractivity (Wildman–Crippen MR) is 132 cm³/mol. The molecule has 6 nitrogen and oxygen atoms in total. The molecule has 1 aliphatic heterocycles. The van der Waals surface area contributed by atoms with Crippen molar-refractivity contribution in [1.82, 2.24) is 5.32 Å². The fourth-order valence-corrected chi connectivity index (χ4v) is 17.5. The third-order valence-corrected chi connectivity index (χ3v) is 16.6. The molecule has 0 saturated carbocycles. The minimum Gasteiger partial charge on any atom is -0.456 e. The first-order chi connectivity index (χ1) is 13.6. The second-order valence-corrected chi connectivity index (χ2v) is 23.3. The lowest BCUT2D eigenvalue weighted by molar-refractivity contribution is -0.0214. The fourth-order valence-electron chi connectivity index (χ4n) is 4.95. The predicted octanol–water partition coefficient (Wildman–Crippen LogP) is 5.01. The highest BCUT2D eigenvalue weighted by Crippen LogP contribution is 2.31. The van der Waals surface area contributed by atoms with Gasteiger partial charge in [0.25, 0.3) is 0 Å². The van der Waals surface area contributed by atoms with Gasteiger partial charge in [-0.25, -0.2) is 0 Å². The van der Waals surface area contributed by atoms with Crippen molar-refractivity contribution >= 4 is 25.4 Å². The largest absolute Gasteiger partial charge is 0.499 e. The van der Waals surface area contributed by atoms with E-state index in [-0.39, 0.29) is 11.1 Å². The van der Waals surface area contributed by atoms with Gasteiger partial charge in [-0.2, -0.15) is 0 Å². The quantitative estimate of drug-likeness (QED) is 0.296. The van der Waals surface area contributed by atoms with E-state index < -0.39 is 25.4 Å². The van der Waals surface area contributed by atoms with E-state index in [9.17, 15) is 0 Å². The van der Waals surface area contributed by atoms with Crippen LogP contribution in [0.5, 0.6) is 0 Å². The molecule has 0 aromatic heterocycles. The zero-order valence-electron chi connectivity index (χ0n) is 21.6. The van der Waals surface area contributed by atoms with Crippen molar-refractivity contribution in [3.05, 3.63) is 0 Å². The average molecular weight is 480 g/mol. The normalized spacial score (nSPS) is 20.5. The molecule has 0 radical (unpaired) electrons. The van der Waals surface area contributed by atoms with Crippen molar-refractivity contribution in [2.45, 2.75) is 108 Å². The van der Waals surface area contributed by atoms with Crippen LogP contribution in [0.25, 0.3) is 0 Å². The average Bonchev–Trinajstić information content (AvgIpc) is 2.57. The van der Waals surface area contributed by atoms with Crippen LogP contribution < -0.4 is 5.32 Å². The molecule has 180 valence electrons. The summed E-state index contributed by atoms with van der Waals surface area (Å²) in [5, 5.41) is 3.72. The number of rotatable bonds is 13. The lowest BCUT2D eigenvalue weighted by atomic mass is 9.81. The number of ether oxygens (including phenoxy) is 1. The molecule has 0 amide bonds. The van der Waals surface area contributed by atoms with Crippen LogP contribution in [0, 0.1) is 0 Å². The van der Waals surface area contributed by atoms with Gasteiger partial charge in [-0.1, -0.05) is 0 Å². The maximum absolute atomic E-state index is 6.78. The topological polar surface area (TPSA) is 58.2 Å². The summed E-state index contributed by atoms with van der Waals surface area (Å²) < 4.78 is 29.8. The maximum Gasteiger partial charge on any atom is 0.499 e. The summed E-state index contributed by atoms with van der Waals surface area (Å²) in [7, 11) is -1.06. The van der Waals surface area contributed by atoms with Crippen molar-refractivity contribution in [3.8, 4) is 0 Å². The molecule has 0 aliphatic carbocycles. The molecular formula is C21H49NO5Si3. The summed E-state index contributed by atoms with van der Waals surface area (Å²) in [5.74, 6) is 0. The Bertz CT molecular complexity index is 501. The highest BCUT2D eigenvalue weighted by Gasteiger charge is 2.42. The molecule has 1 heterocycles. The zero-order valence-corrected chi connectivity index (χ0v) is 24.6. The van der Waals surface area contributed by atoms with Crippen LogP contribution >= 0.6 is 0 Å². The molecule has 0 aromatic carbocycles. The molecule has 1 fully saturated rings. The summed E-state index contributed by atoms with van der Waals surface area (Å²) in [6, 6.07) is 2.92. The molecule has 30 heavy (non-hydrogen) atoms. The Labute approximate surface area is 189 Å². The Kier molecular flexibility index (Phi) is 10.4. The van der Waals surface area contributed by atoms with Crippen LogP contribution in [0.15, 0.2) is 0 Å². The Balaban J connectivity index is 2.46. The van der Waals surface area contributed by atoms with Gasteiger partial charge in [-0.3, -0.25) is 0 Å². The first-order valence-electron chi connectivity index (χ1n) is 11.4. The fraction of sp³-hybridized carbons (Fsp3) is 1.00.